The first-order valence-electron chi connectivity index (χ1n) is 8.60. The van der Waals surface area contributed by atoms with Gasteiger partial charge in [-0.1, -0.05) is 29.8 Å². The highest BCUT2D eigenvalue weighted by Gasteiger charge is 2.36. The summed E-state index contributed by atoms with van der Waals surface area (Å²) in [6, 6.07) is 17.0. The van der Waals surface area contributed by atoms with Gasteiger partial charge in [0, 0.05) is 5.02 Å². The number of hydrogen-bond acceptors (Lipinski definition) is 5. The number of ether oxygens (including phenoxy) is 2. The average Bonchev–Trinajstić information content (AvgIpc) is 3.03. The van der Waals surface area contributed by atoms with Gasteiger partial charge in [-0.2, -0.15) is 10.4 Å². The maximum absolute atomic E-state index is 9.73. The predicted octanol–water partition coefficient (Wildman–Crippen LogP) is 4.06. The van der Waals surface area contributed by atoms with Crippen molar-refractivity contribution in [1.82, 2.24) is 9.78 Å². The number of methoxy groups -OCH3 is 1. The zero-order valence-electron chi connectivity index (χ0n) is 15.3. The van der Waals surface area contributed by atoms with E-state index in [1.54, 1.807) is 23.9 Å². The van der Waals surface area contributed by atoms with Crippen LogP contribution in [0.3, 0.4) is 0 Å². The fourth-order valence-corrected chi connectivity index (χ4v) is 3.61. The van der Waals surface area contributed by atoms with Crippen molar-refractivity contribution in [2.75, 3.05) is 7.11 Å². The fourth-order valence-electron chi connectivity index (χ4n) is 3.43. The van der Waals surface area contributed by atoms with Crippen LogP contribution in [0.5, 0.6) is 11.6 Å². The second kappa shape index (κ2) is 6.95. The number of halogens is 1. The zero-order chi connectivity index (χ0) is 19.8. The van der Waals surface area contributed by atoms with Crippen LogP contribution in [0.4, 0.5) is 0 Å². The van der Waals surface area contributed by atoms with Crippen molar-refractivity contribution in [2.24, 2.45) is 5.73 Å². The smallest absolute Gasteiger partial charge is 0.229 e. The molecule has 2 N–H and O–H groups in total. The Labute approximate surface area is 167 Å². The maximum atomic E-state index is 9.73. The van der Waals surface area contributed by atoms with Crippen LogP contribution in [0.15, 0.2) is 60.0 Å². The van der Waals surface area contributed by atoms with Gasteiger partial charge in [0.15, 0.2) is 0 Å². The van der Waals surface area contributed by atoms with Crippen LogP contribution in [-0.2, 0) is 0 Å². The lowest BCUT2D eigenvalue weighted by molar-refractivity contribution is 0.367. The van der Waals surface area contributed by atoms with Crippen LogP contribution >= 0.6 is 11.6 Å². The van der Waals surface area contributed by atoms with Crippen molar-refractivity contribution in [3.63, 3.8) is 0 Å². The number of allylic oxidation sites excluding steroid dienone is 1. The van der Waals surface area contributed by atoms with Gasteiger partial charge in [0.2, 0.25) is 11.8 Å². The normalized spacial score (nSPS) is 15.6. The average molecular weight is 393 g/mol. The number of rotatable bonds is 3. The molecule has 2 heterocycles. The molecule has 3 aromatic rings. The summed E-state index contributed by atoms with van der Waals surface area (Å²) < 4.78 is 12.7. The Morgan fingerprint density at radius 2 is 2.00 bits per heavy atom. The van der Waals surface area contributed by atoms with Crippen LogP contribution in [-0.4, -0.2) is 16.9 Å². The zero-order valence-corrected chi connectivity index (χ0v) is 16.1. The van der Waals surface area contributed by atoms with Gasteiger partial charge in [-0.3, -0.25) is 0 Å². The molecule has 2 aromatic carbocycles. The third kappa shape index (κ3) is 2.86. The molecule has 1 aromatic heterocycles. The summed E-state index contributed by atoms with van der Waals surface area (Å²) in [5, 5.41) is 15.0. The van der Waals surface area contributed by atoms with E-state index in [0.717, 1.165) is 28.3 Å². The van der Waals surface area contributed by atoms with Crippen molar-refractivity contribution in [1.29, 1.82) is 5.26 Å². The molecule has 0 bridgehead atoms. The van der Waals surface area contributed by atoms with E-state index in [9.17, 15) is 5.26 Å². The van der Waals surface area contributed by atoms with Crippen LogP contribution < -0.4 is 15.2 Å². The Balaban J connectivity index is 1.92. The Morgan fingerprint density at radius 1 is 1.25 bits per heavy atom. The molecule has 0 saturated carbocycles. The van der Waals surface area contributed by atoms with Gasteiger partial charge in [-0.15, -0.1) is 0 Å². The molecular formula is C21H17ClN4O2. The predicted molar refractivity (Wildman–Crippen MR) is 106 cm³/mol. The van der Waals surface area contributed by atoms with Crippen LogP contribution in [0, 0.1) is 18.3 Å². The number of nitriles is 1. The van der Waals surface area contributed by atoms with E-state index >= 15 is 0 Å². The maximum Gasteiger partial charge on any atom is 0.229 e. The van der Waals surface area contributed by atoms with Crippen LogP contribution in [0.1, 0.15) is 22.7 Å². The monoisotopic (exact) mass is 392 g/mol. The molecule has 0 radical (unpaired) electrons. The highest BCUT2D eigenvalue weighted by atomic mass is 35.5. The Kier molecular flexibility index (Phi) is 4.46. The number of nitrogens with zero attached hydrogens (tertiary/aromatic N) is 3. The van der Waals surface area contributed by atoms with Crippen molar-refractivity contribution in [3.05, 3.63) is 81.8 Å². The first-order valence-corrected chi connectivity index (χ1v) is 8.98. The Bertz CT molecular complexity index is 1130. The van der Waals surface area contributed by atoms with E-state index in [0.29, 0.717) is 16.5 Å². The summed E-state index contributed by atoms with van der Waals surface area (Å²) in [5.74, 6) is 0.904. The summed E-state index contributed by atoms with van der Waals surface area (Å²) >= 11 is 6.14. The molecule has 1 aliphatic heterocycles. The summed E-state index contributed by atoms with van der Waals surface area (Å²) in [7, 11) is 1.61. The summed E-state index contributed by atoms with van der Waals surface area (Å²) in [6.07, 6.45) is 0. The second-order valence-electron chi connectivity index (χ2n) is 6.39. The number of nitrogens with two attached hydrogens (primary N) is 1. The highest BCUT2D eigenvalue weighted by Crippen LogP contribution is 2.44. The molecule has 6 nitrogen and oxygen atoms in total. The van der Waals surface area contributed by atoms with Gasteiger partial charge in [-0.05, 0) is 42.8 Å². The standard InChI is InChI=1S/C21H17ClN4O2/c1-12-18-19(13-6-8-16(27-2)9-7-13)17(11-23)20(24)28-21(18)26(25-12)15-5-3-4-14(22)10-15/h3-10,19H,24H2,1-2H3/t19-/m0/s1. The molecule has 1 aliphatic rings. The minimum Gasteiger partial charge on any atom is -0.497 e. The third-order valence-electron chi connectivity index (χ3n) is 4.73. The topological polar surface area (TPSA) is 86.1 Å². The van der Waals surface area contributed by atoms with Gasteiger partial charge >= 0.3 is 0 Å². The molecular weight excluding hydrogens is 376 g/mol. The number of benzene rings is 2. The molecule has 0 amide bonds. The molecule has 7 heteroatoms. The minimum atomic E-state index is -0.382. The number of aromatic nitrogens is 2. The Hall–Kier alpha value is -3.43. The summed E-state index contributed by atoms with van der Waals surface area (Å²) in [4.78, 5) is 0. The first kappa shape index (κ1) is 18.0. The number of aryl methyl sites for hydroxylation is 1. The molecule has 4 rings (SSSR count). The van der Waals surface area contributed by atoms with Crippen LogP contribution in [0.25, 0.3) is 5.69 Å². The van der Waals surface area contributed by atoms with E-state index in [4.69, 9.17) is 26.8 Å². The van der Waals surface area contributed by atoms with Gasteiger partial charge in [0.1, 0.15) is 17.4 Å². The van der Waals surface area contributed by atoms with E-state index in [1.165, 1.54) is 0 Å². The van der Waals surface area contributed by atoms with Gasteiger partial charge < -0.3 is 15.2 Å². The quantitative estimate of drug-likeness (QED) is 0.726. The Morgan fingerprint density at radius 3 is 2.64 bits per heavy atom. The minimum absolute atomic E-state index is 0.0685. The highest BCUT2D eigenvalue weighted by molar-refractivity contribution is 6.30. The molecule has 0 fully saturated rings. The second-order valence-corrected chi connectivity index (χ2v) is 6.83. The van der Waals surface area contributed by atoms with Crippen molar-refractivity contribution in [3.8, 4) is 23.4 Å². The van der Waals surface area contributed by atoms with Gasteiger partial charge in [-0.25, -0.2) is 4.68 Å². The van der Waals surface area contributed by atoms with E-state index in [2.05, 4.69) is 11.2 Å². The van der Waals surface area contributed by atoms with E-state index in [1.807, 2.05) is 43.3 Å². The van der Waals surface area contributed by atoms with Crippen molar-refractivity contribution >= 4 is 11.6 Å². The molecule has 140 valence electrons. The lowest BCUT2D eigenvalue weighted by Crippen LogP contribution is -2.22. The molecule has 0 unspecified atom stereocenters. The lowest BCUT2D eigenvalue weighted by Gasteiger charge is -2.25. The van der Waals surface area contributed by atoms with E-state index < -0.39 is 0 Å². The third-order valence-corrected chi connectivity index (χ3v) is 4.97. The first-order chi connectivity index (χ1) is 13.5. The molecule has 0 saturated heterocycles. The lowest BCUT2D eigenvalue weighted by atomic mass is 9.84. The molecule has 1 atom stereocenters. The van der Waals surface area contributed by atoms with Crippen molar-refractivity contribution < 1.29 is 9.47 Å². The molecule has 28 heavy (non-hydrogen) atoms. The van der Waals surface area contributed by atoms with Crippen molar-refractivity contribution in [2.45, 2.75) is 12.8 Å². The fraction of sp³-hybridized carbons (Fsp3) is 0.143. The number of fused-ring (bicyclic) bond motifs is 1. The summed E-state index contributed by atoms with van der Waals surface area (Å²) in [6.45, 7) is 1.89. The number of hydrogen-bond donors (Lipinski definition) is 1. The largest absolute Gasteiger partial charge is 0.497 e. The van der Waals surface area contributed by atoms with Crippen LogP contribution in [0.2, 0.25) is 5.02 Å². The molecule has 0 aliphatic carbocycles. The summed E-state index contributed by atoms with van der Waals surface area (Å²) in [5.41, 5.74) is 9.67. The van der Waals surface area contributed by atoms with Gasteiger partial charge in [0.25, 0.3) is 0 Å². The molecule has 0 spiro atoms. The van der Waals surface area contributed by atoms with Gasteiger partial charge in [0.05, 0.1) is 30.0 Å². The van der Waals surface area contributed by atoms with E-state index in [-0.39, 0.29) is 11.8 Å². The SMILES string of the molecule is COc1ccc([C@H]2C(C#N)=C(N)Oc3c2c(C)nn3-c2cccc(Cl)c2)cc1.